The molecule has 8 nitrogen and oxygen atoms in total. The van der Waals surface area contributed by atoms with Crippen molar-refractivity contribution >= 4 is 15.8 Å². The SMILES string of the molecule is CCC(C)NC(=NCC1CCS(=O)(=O)C1)N1CCOC(c2cnn(C)c2)C1. The van der Waals surface area contributed by atoms with Crippen LogP contribution in [0.2, 0.25) is 0 Å². The molecule has 2 aliphatic rings. The molecule has 0 radical (unpaired) electrons. The zero-order valence-corrected chi connectivity index (χ0v) is 17.3. The summed E-state index contributed by atoms with van der Waals surface area (Å²) in [6.45, 7) is 6.91. The number of hydrogen-bond donors (Lipinski definition) is 1. The van der Waals surface area contributed by atoms with Crippen molar-refractivity contribution in [1.29, 1.82) is 0 Å². The second-order valence-corrected chi connectivity index (χ2v) is 9.87. The average molecular weight is 398 g/mol. The van der Waals surface area contributed by atoms with Gasteiger partial charge in [-0.05, 0) is 25.7 Å². The molecule has 1 N–H and O–H groups in total. The van der Waals surface area contributed by atoms with Crippen molar-refractivity contribution in [1.82, 2.24) is 20.0 Å². The summed E-state index contributed by atoms with van der Waals surface area (Å²) in [6.07, 6.45) is 5.49. The van der Waals surface area contributed by atoms with Gasteiger partial charge in [-0.3, -0.25) is 9.67 Å². The van der Waals surface area contributed by atoms with Crippen LogP contribution in [0.4, 0.5) is 0 Å². The lowest BCUT2D eigenvalue weighted by atomic mass is 10.1. The van der Waals surface area contributed by atoms with Gasteiger partial charge in [0.1, 0.15) is 6.10 Å². The molecule has 0 bridgehead atoms. The summed E-state index contributed by atoms with van der Waals surface area (Å²) in [5, 5.41) is 7.75. The Morgan fingerprint density at radius 3 is 2.96 bits per heavy atom. The summed E-state index contributed by atoms with van der Waals surface area (Å²) >= 11 is 0. The van der Waals surface area contributed by atoms with Crippen molar-refractivity contribution in [2.45, 2.75) is 38.8 Å². The highest BCUT2D eigenvalue weighted by Crippen LogP contribution is 2.22. The van der Waals surface area contributed by atoms with Crippen LogP contribution in [-0.2, 0) is 21.6 Å². The van der Waals surface area contributed by atoms with E-state index in [0.717, 1.165) is 24.5 Å². The molecule has 27 heavy (non-hydrogen) atoms. The van der Waals surface area contributed by atoms with Crippen LogP contribution in [0.1, 0.15) is 38.4 Å². The van der Waals surface area contributed by atoms with Crippen molar-refractivity contribution in [3.8, 4) is 0 Å². The number of hydrogen-bond acceptors (Lipinski definition) is 5. The Hall–Kier alpha value is -1.61. The minimum absolute atomic E-state index is 0.0387. The quantitative estimate of drug-likeness (QED) is 0.588. The zero-order chi connectivity index (χ0) is 19.4. The monoisotopic (exact) mass is 397 g/mol. The molecule has 0 aliphatic carbocycles. The van der Waals surface area contributed by atoms with Gasteiger partial charge < -0.3 is 15.0 Å². The zero-order valence-electron chi connectivity index (χ0n) is 16.5. The molecule has 3 heterocycles. The lowest BCUT2D eigenvalue weighted by molar-refractivity contribution is -0.00826. The summed E-state index contributed by atoms with van der Waals surface area (Å²) in [4.78, 5) is 7.03. The molecular formula is C18H31N5O3S. The third-order valence-corrected chi connectivity index (χ3v) is 7.11. The van der Waals surface area contributed by atoms with Crippen LogP contribution >= 0.6 is 0 Å². The fourth-order valence-corrected chi connectivity index (χ4v) is 5.29. The number of aromatic nitrogens is 2. The van der Waals surface area contributed by atoms with E-state index in [2.05, 4.69) is 29.2 Å². The number of aliphatic imine (C=N–C) groups is 1. The molecule has 3 unspecified atom stereocenters. The van der Waals surface area contributed by atoms with Gasteiger partial charge in [0.15, 0.2) is 15.8 Å². The topological polar surface area (TPSA) is 88.8 Å². The van der Waals surface area contributed by atoms with E-state index in [0.29, 0.717) is 37.9 Å². The Morgan fingerprint density at radius 1 is 1.52 bits per heavy atom. The second-order valence-electron chi connectivity index (χ2n) is 7.64. The average Bonchev–Trinajstić information content (AvgIpc) is 3.23. The highest BCUT2D eigenvalue weighted by atomic mass is 32.2. The van der Waals surface area contributed by atoms with E-state index in [1.54, 1.807) is 4.68 Å². The largest absolute Gasteiger partial charge is 0.370 e. The number of ether oxygens (including phenoxy) is 1. The van der Waals surface area contributed by atoms with Crippen molar-refractivity contribution in [2.75, 3.05) is 37.7 Å². The Bertz CT molecular complexity index is 761. The maximum Gasteiger partial charge on any atom is 0.194 e. The van der Waals surface area contributed by atoms with Crippen LogP contribution in [-0.4, -0.2) is 72.8 Å². The summed E-state index contributed by atoms with van der Waals surface area (Å²) in [5.74, 6) is 1.53. The van der Waals surface area contributed by atoms with Gasteiger partial charge in [0.05, 0.1) is 30.9 Å². The van der Waals surface area contributed by atoms with Gasteiger partial charge in [-0.2, -0.15) is 5.10 Å². The third kappa shape index (κ3) is 5.44. The minimum atomic E-state index is -2.87. The molecule has 1 aromatic heterocycles. The molecule has 3 rings (SSSR count). The molecule has 0 aromatic carbocycles. The van der Waals surface area contributed by atoms with E-state index < -0.39 is 9.84 Å². The van der Waals surface area contributed by atoms with Crippen molar-refractivity contribution in [3.05, 3.63) is 18.0 Å². The highest BCUT2D eigenvalue weighted by Gasteiger charge is 2.29. The Balaban J connectivity index is 1.70. The summed E-state index contributed by atoms with van der Waals surface area (Å²) in [5.41, 5.74) is 1.06. The summed E-state index contributed by atoms with van der Waals surface area (Å²) < 4.78 is 31.1. The number of sulfone groups is 1. The van der Waals surface area contributed by atoms with Crippen LogP contribution in [0.3, 0.4) is 0 Å². The van der Waals surface area contributed by atoms with Gasteiger partial charge in [-0.15, -0.1) is 0 Å². The molecule has 0 spiro atoms. The standard InChI is InChI=1S/C18H31N5O3S/c1-4-14(2)21-18(19-9-15-5-8-27(24,25)13-15)23-6-7-26-17(12-23)16-10-20-22(3)11-16/h10-11,14-15,17H,4-9,12-13H2,1-3H3,(H,19,21). The van der Waals surface area contributed by atoms with Crippen LogP contribution in [0.25, 0.3) is 0 Å². The number of guanidine groups is 1. The minimum Gasteiger partial charge on any atom is -0.370 e. The van der Waals surface area contributed by atoms with Crippen molar-refractivity contribution in [2.24, 2.45) is 18.0 Å². The molecule has 3 atom stereocenters. The Kier molecular flexibility index (Phi) is 6.41. The first-order chi connectivity index (χ1) is 12.9. The molecule has 152 valence electrons. The predicted molar refractivity (Wildman–Crippen MR) is 105 cm³/mol. The first-order valence-corrected chi connectivity index (χ1v) is 11.5. The van der Waals surface area contributed by atoms with E-state index in [1.165, 1.54) is 0 Å². The van der Waals surface area contributed by atoms with E-state index in [9.17, 15) is 8.42 Å². The highest BCUT2D eigenvalue weighted by molar-refractivity contribution is 7.91. The van der Waals surface area contributed by atoms with E-state index >= 15 is 0 Å². The summed E-state index contributed by atoms with van der Waals surface area (Å²) in [7, 11) is -0.971. The predicted octanol–water partition coefficient (Wildman–Crippen LogP) is 0.972. The van der Waals surface area contributed by atoms with Crippen LogP contribution in [0, 0.1) is 5.92 Å². The van der Waals surface area contributed by atoms with Crippen LogP contribution in [0.5, 0.6) is 0 Å². The maximum absolute atomic E-state index is 11.7. The second kappa shape index (κ2) is 8.60. The van der Waals surface area contributed by atoms with Gasteiger partial charge in [-0.1, -0.05) is 6.92 Å². The van der Waals surface area contributed by atoms with E-state index in [4.69, 9.17) is 9.73 Å². The van der Waals surface area contributed by atoms with Crippen LogP contribution < -0.4 is 5.32 Å². The molecule has 9 heteroatoms. The normalized spacial score (nSPS) is 26.9. The fourth-order valence-electron chi connectivity index (χ4n) is 3.44. The first-order valence-electron chi connectivity index (χ1n) is 9.72. The first kappa shape index (κ1) is 20.1. The van der Waals surface area contributed by atoms with Crippen LogP contribution in [0.15, 0.2) is 17.4 Å². The van der Waals surface area contributed by atoms with Gasteiger partial charge in [0.25, 0.3) is 0 Å². The molecule has 2 saturated heterocycles. The number of nitrogens with zero attached hydrogens (tertiary/aromatic N) is 4. The lowest BCUT2D eigenvalue weighted by Crippen LogP contribution is -2.50. The molecule has 1 aromatic rings. The smallest absolute Gasteiger partial charge is 0.194 e. The Morgan fingerprint density at radius 2 is 2.33 bits per heavy atom. The number of rotatable bonds is 5. The lowest BCUT2D eigenvalue weighted by Gasteiger charge is -2.36. The molecule has 2 aliphatic heterocycles. The molecule has 0 amide bonds. The molecule has 0 saturated carbocycles. The summed E-state index contributed by atoms with van der Waals surface area (Å²) in [6, 6.07) is 0.302. The maximum atomic E-state index is 11.7. The van der Waals surface area contributed by atoms with Gasteiger partial charge in [0.2, 0.25) is 0 Å². The van der Waals surface area contributed by atoms with Gasteiger partial charge >= 0.3 is 0 Å². The third-order valence-electron chi connectivity index (χ3n) is 5.28. The van der Waals surface area contributed by atoms with Crippen molar-refractivity contribution in [3.63, 3.8) is 0 Å². The Labute approximate surface area is 161 Å². The molecule has 2 fully saturated rings. The van der Waals surface area contributed by atoms with E-state index in [1.807, 2.05) is 19.4 Å². The fraction of sp³-hybridized carbons (Fsp3) is 0.778. The van der Waals surface area contributed by atoms with Crippen molar-refractivity contribution < 1.29 is 13.2 Å². The van der Waals surface area contributed by atoms with E-state index in [-0.39, 0.29) is 17.8 Å². The number of morpholine rings is 1. The number of aryl methyl sites for hydroxylation is 1. The number of nitrogens with one attached hydrogen (secondary N) is 1. The van der Waals surface area contributed by atoms with Gasteiger partial charge in [0, 0.05) is 37.9 Å². The molecular weight excluding hydrogens is 366 g/mol. The van der Waals surface area contributed by atoms with Gasteiger partial charge in [-0.25, -0.2) is 8.42 Å².